The zero-order valence-corrected chi connectivity index (χ0v) is 18.3. The van der Waals surface area contributed by atoms with Crippen molar-refractivity contribution in [2.24, 2.45) is 4.99 Å². The second kappa shape index (κ2) is 9.70. The van der Waals surface area contributed by atoms with Gasteiger partial charge in [0, 0.05) is 55.6 Å². The first kappa shape index (κ1) is 21.0. The standard InChI is InChI=1S/C22H25ClN6O2/c1-24-22(25-15-20-26-21(27-31-20)16-6-8-17(23)9-7-16)29-12-10-28(11-13-29)18-4-3-5-19(14-18)30-2/h3-9,14H,10-13,15H2,1-2H3,(H,24,25). The third-order valence-corrected chi connectivity index (χ3v) is 5.43. The summed E-state index contributed by atoms with van der Waals surface area (Å²) in [5.41, 5.74) is 2.03. The molecule has 1 fully saturated rings. The molecular formula is C22H25ClN6O2. The number of piperazine rings is 1. The molecule has 1 aliphatic heterocycles. The number of hydrogen-bond acceptors (Lipinski definition) is 6. The van der Waals surface area contributed by atoms with E-state index in [1.54, 1.807) is 26.3 Å². The van der Waals surface area contributed by atoms with Gasteiger partial charge in [-0.25, -0.2) is 0 Å². The summed E-state index contributed by atoms with van der Waals surface area (Å²) in [6.07, 6.45) is 0. The van der Waals surface area contributed by atoms with E-state index in [1.165, 1.54) is 5.69 Å². The predicted molar refractivity (Wildman–Crippen MR) is 122 cm³/mol. The Morgan fingerprint density at radius 2 is 1.94 bits per heavy atom. The SMILES string of the molecule is CN=C(NCc1nc(-c2ccc(Cl)cc2)no1)N1CCN(c2cccc(OC)c2)CC1. The Kier molecular flexibility index (Phi) is 6.57. The molecule has 4 rings (SSSR count). The second-order valence-electron chi connectivity index (χ2n) is 7.09. The van der Waals surface area contributed by atoms with Crippen LogP contribution in [0.15, 0.2) is 58.0 Å². The van der Waals surface area contributed by atoms with E-state index >= 15 is 0 Å². The Hall–Kier alpha value is -3.26. The lowest BCUT2D eigenvalue weighted by Crippen LogP contribution is -2.52. The molecule has 0 aliphatic carbocycles. The average molecular weight is 441 g/mol. The van der Waals surface area contributed by atoms with Gasteiger partial charge < -0.3 is 24.4 Å². The van der Waals surface area contributed by atoms with Crippen LogP contribution < -0.4 is 15.0 Å². The van der Waals surface area contributed by atoms with Crippen LogP contribution in [0.2, 0.25) is 5.02 Å². The van der Waals surface area contributed by atoms with E-state index in [2.05, 4.69) is 42.4 Å². The highest BCUT2D eigenvalue weighted by Gasteiger charge is 2.20. The quantitative estimate of drug-likeness (QED) is 0.481. The normalized spacial score (nSPS) is 14.6. The fourth-order valence-corrected chi connectivity index (χ4v) is 3.64. The van der Waals surface area contributed by atoms with Crippen LogP contribution in [0.5, 0.6) is 5.75 Å². The first-order valence-corrected chi connectivity index (χ1v) is 10.5. The van der Waals surface area contributed by atoms with Crippen LogP contribution in [-0.4, -0.2) is 61.3 Å². The number of nitrogens with one attached hydrogen (secondary N) is 1. The van der Waals surface area contributed by atoms with E-state index in [0.717, 1.165) is 43.5 Å². The van der Waals surface area contributed by atoms with Crippen LogP contribution in [-0.2, 0) is 6.54 Å². The van der Waals surface area contributed by atoms with Crippen molar-refractivity contribution in [1.82, 2.24) is 20.4 Å². The van der Waals surface area contributed by atoms with Crippen molar-refractivity contribution in [3.63, 3.8) is 0 Å². The maximum Gasteiger partial charge on any atom is 0.246 e. The second-order valence-corrected chi connectivity index (χ2v) is 7.53. The molecule has 1 aliphatic rings. The van der Waals surface area contributed by atoms with Gasteiger partial charge in [0.05, 0.1) is 13.7 Å². The van der Waals surface area contributed by atoms with Gasteiger partial charge in [-0.3, -0.25) is 4.99 Å². The number of aliphatic imine (C=N–C) groups is 1. The number of guanidine groups is 1. The molecule has 0 atom stereocenters. The maximum atomic E-state index is 5.94. The Balaban J connectivity index is 1.32. The van der Waals surface area contributed by atoms with Gasteiger partial charge in [-0.05, 0) is 36.4 Å². The van der Waals surface area contributed by atoms with Crippen molar-refractivity contribution in [1.29, 1.82) is 0 Å². The lowest BCUT2D eigenvalue weighted by atomic mass is 10.2. The van der Waals surface area contributed by atoms with E-state index < -0.39 is 0 Å². The summed E-state index contributed by atoms with van der Waals surface area (Å²) in [5.74, 6) is 2.72. The molecule has 1 saturated heterocycles. The monoisotopic (exact) mass is 440 g/mol. The minimum Gasteiger partial charge on any atom is -0.497 e. The minimum atomic E-state index is 0.406. The van der Waals surface area contributed by atoms with Gasteiger partial charge in [0.15, 0.2) is 5.96 Å². The zero-order chi connectivity index (χ0) is 21.6. The molecule has 0 radical (unpaired) electrons. The number of ether oxygens (including phenoxy) is 1. The van der Waals surface area contributed by atoms with Gasteiger partial charge in [-0.15, -0.1) is 0 Å². The summed E-state index contributed by atoms with van der Waals surface area (Å²) in [6, 6.07) is 15.5. The van der Waals surface area contributed by atoms with E-state index in [9.17, 15) is 0 Å². The molecule has 0 unspecified atom stereocenters. The third kappa shape index (κ3) is 5.08. The summed E-state index contributed by atoms with van der Waals surface area (Å²) in [6.45, 7) is 3.92. The summed E-state index contributed by atoms with van der Waals surface area (Å²) in [5, 5.41) is 8.04. The van der Waals surface area contributed by atoms with E-state index in [0.29, 0.717) is 23.3 Å². The fourth-order valence-electron chi connectivity index (χ4n) is 3.51. The van der Waals surface area contributed by atoms with Crippen molar-refractivity contribution in [3.05, 3.63) is 59.4 Å². The highest BCUT2D eigenvalue weighted by molar-refractivity contribution is 6.30. The number of halogens is 1. The fraction of sp³-hybridized carbons (Fsp3) is 0.318. The van der Waals surface area contributed by atoms with Gasteiger partial charge in [-0.1, -0.05) is 22.8 Å². The number of methoxy groups -OCH3 is 1. The summed E-state index contributed by atoms with van der Waals surface area (Å²) in [4.78, 5) is 13.4. The smallest absolute Gasteiger partial charge is 0.246 e. The number of nitrogens with zero attached hydrogens (tertiary/aromatic N) is 5. The van der Waals surface area contributed by atoms with Crippen LogP contribution >= 0.6 is 11.6 Å². The van der Waals surface area contributed by atoms with Crippen LogP contribution in [0.3, 0.4) is 0 Å². The summed E-state index contributed by atoms with van der Waals surface area (Å²) >= 11 is 5.94. The molecule has 2 aromatic carbocycles. The molecule has 2 heterocycles. The van der Waals surface area contributed by atoms with Crippen molar-refractivity contribution >= 4 is 23.2 Å². The lowest BCUT2D eigenvalue weighted by molar-refractivity contribution is 0.355. The summed E-state index contributed by atoms with van der Waals surface area (Å²) < 4.78 is 10.7. The highest BCUT2D eigenvalue weighted by atomic mass is 35.5. The molecule has 0 amide bonds. The molecule has 3 aromatic rings. The average Bonchev–Trinajstić information content (AvgIpc) is 3.29. The number of anilines is 1. The molecular weight excluding hydrogens is 416 g/mol. The van der Waals surface area contributed by atoms with E-state index in [4.69, 9.17) is 20.9 Å². The largest absolute Gasteiger partial charge is 0.497 e. The van der Waals surface area contributed by atoms with Crippen LogP contribution in [0, 0.1) is 0 Å². The van der Waals surface area contributed by atoms with Gasteiger partial charge in [-0.2, -0.15) is 4.98 Å². The number of hydrogen-bond donors (Lipinski definition) is 1. The first-order chi connectivity index (χ1) is 15.2. The molecule has 1 aromatic heterocycles. The Morgan fingerprint density at radius 1 is 1.16 bits per heavy atom. The van der Waals surface area contributed by atoms with Crippen LogP contribution in [0.1, 0.15) is 5.89 Å². The van der Waals surface area contributed by atoms with Gasteiger partial charge in [0.25, 0.3) is 0 Å². The molecule has 0 bridgehead atoms. The van der Waals surface area contributed by atoms with E-state index in [1.807, 2.05) is 24.3 Å². The molecule has 9 heteroatoms. The Bertz CT molecular complexity index is 1030. The molecule has 0 spiro atoms. The molecule has 0 saturated carbocycles. The van der Waals surface area contributed by atoms with Gasteiger partial charge >= 0.3 is 0 Å². The van der Waals surface area contributed by atoms with Gasteiger partial charge in [0.1, 0.15) is 5.75 Å². The Morgan fingerprint density at radius 3 is 2.65 bits per heavy atom. The van der Waals surface area contributed by atoms with E-state index in [-0.39, 0.29) is 0 Å². The van der Waals surface area contributed by atoms with Crippen LogP contribution in [0.25, 0.3) is 11.4 Å². The maximum absolute atomic E-state index is 5.94. The van der Waals surface area contributed by atoms with Gasteiger partial charge in [0.2, 0.25) is 11.7 Å². The van der Waals surface area contributed by atoms with Crippen molar-refractivity contribution in [2.45, 2.75) is 6.54 Å². The number of aromatic nitrogens is 2. The molecule has 1 N–H and O–H groups in total. The number of rotatable bonds is 5. The molecule has 8 nitrogen and oxygen atoms in total. The topological polar surface area (TPSA) is 79.0 Å². The minimum absolute atomic E-state index is 0.406. The van der Waals surface area contributed by atoms with Crippen molar-refractivity contribution < 1.29 is 9.26 Å². The zero-order valence-electron chi connectivity index (χ0n) is 17.6. The number of benzene rings is 2. The lowest BCUT2D eigenvalue weighted by Gasteiger charge is -2.37. The molecule has 31 heavy (non-hydrogen) atoms. The first-order valence-electron chi connectivity index (χ1n) is 10.1. The summed E-state index contributed by atoms with van der Waals surface area (Å²) in [7, 11) is 3.47. The third-order valence-electron chi connectivity index (χ3n) is 5.18. The highest BCUT2D eigenvalue weighted by Crippen LogP contribution is 2.22. The van der Waals surface area contributed by atoms with Crippen molar-refractivity contribution in [3.8, 4) is 17.1 Å². The van der Waals surface area contributed by atoms with Crippen molar-refractivity contribution in [2.75, 3.05) is 45.2 Å². The predicted octanol–water partition coefficient (Wildman–Crippen LogP) is 3.30. The van der Waals surface area contributed by atoms with Crippen LogP contribution in [0.4, 0.5) is 5.69 Å². The molecule has 162 valence electrons. The Labute approximate surface area is 186 Å².